The molecule has 6 rings (SSSR count). The first-order chi connectivity index (χ1) is 19.7. The first kappa shape index (κ1) is 27.2. The van der Waals surface area contributed by atoms with Gasteiger partial charge < -0.3 is 19.9 Å². The van der Waals surface area contributed by atoms with Crippen LogP contribution in [-0.2, 0) is 17.8 Å². The Hall–Kier alpha value is -3.99. The number of nitrogens with zero attached hydrogens (tertiary/aromatic N) is 4. The van der Waals surface area contributed by atoms with E-state index >= 15 is 4.39 Å². The number of hydrogen-bond acceptors (Lipinski definition) is 5. The lowest BCUT2D eigenvalue weighted by molar-refractivity contribution is 0.0608. The van der Waals surface area contributed by atoms with Crippen molar-refractivity contribution >= 4 is 28.5 Å². The van der Waals surface area contributed by atoms with Gasteiger partial charge in [-0.3, -0.25) is 18.7 Å². The fourth-order valence-corrected chi connectivity index (χ4v) is 6.31. The minimum Gasteiger partial charge on any atom is -0.376 e. The summed E-state index contributed by atoms with van der Waals surface area (Å²) >= 11 is 0. The van der Waals surface area contributed by atoms with Crippen LogP contribution in [0.2, 0.25) is 0 Å². The highest BCUT2D eigenvalue weighted by atomic mass is 19.1. The summed E-state index contributed by atoms with van der Waals surface area (Å²) < 4.78 is 23.6. The van der Waals surface area contributed by atoms with E-state index in [0.717, 1.165) is 35.5 Å². The number of amides is 3. The molecule has 3 aliphatic heterocycles. The van der Waals surface area contributed by atoms with Gasteiger partial charge >= 0.3 is 11.7 Å². The zero-order chi connectivity index (χ0) is 28.8. The van der Waals surface area contributed by atoms with Crippen LogP contribution in [0.15, 0.2) is 46.0 Å². The Morgan fingerprint density at radius 2 is 1.93 bits per heavy atom. The number of piperidine rings is 1. The third-order valence-corrected chi connectivity index (χ3v) is 8.40. The molecule has 216 valence electrons. The predicted octanol–water partition coefficient (Wildman–Crippen LogP) is 3.71. The highest BCUT2D eigenvalue weighted by Gasteiger charge is 2.36. The van der Waals surface area contributed by atoms with E-state index in [0.29, 0.717) is 38.2 Å². The van der Waals surface area contributed by atoms with Crippen molar-refractivity contribution in [3.63, 3.8) is 0 Å². The molecule has 2 atom stereocenters. The number of urea groups is 1. The summed E-state index contributed by atoms with van der Waals surface area (Å²) in [6.07, 6.45) is 2.85. The van der Waals surface area contributed by atoms with Crippen LogP contribution in [0.5, 0.6) is 0 Å². The Balaban J connectivity index is 1.26. The maximum absolute atomic E-state index is 15.4. The zero-order valence-electron chi connectivity index (χ0n) is 23.3. The molecule has 3 aromatic rings. The predicted molar refractivity (Wildman–Crippen MR) is 152 cm³/mol. The molecule has 0 spiro atoms. The lowest BCUT2D eigenvalue weighted by Gasteiger charge is -2.37. The smallest absolute Gasteiger partial charge is 0.331 e. The number of aromatic nitrogens is 2. The summed E-state index contributed by atoms with van der Waals surface area (Å²) in [4.78, 5) is 56.5. The average Bonchev–Trinajstić information content (AvgIpc) is 3.60. The number of halogens is 1. The van der Waals surface area contributed by atoms with Crippen LogP contribution >= 0.6 is 0 Å². The Morgan fingerprint density at radius 3 is 2.66 bits per heavy atom. The fourth-order valence-electron chi connectivity index (χ4n) is 6.31. The molecule has 0 unspecified atom stereocenters. The molecule has 0 aliphatic carbocycles. The maximum atomic E-state index is 15.4. The Kier molecular flexibility index (Phi) is 7.14. The maximum Gasteiger partial charge on any atom is 0.331 e. The first-order valence-corrected chi connectivity index (χ1v) is 14.3. The molecule has 4 heterocycles. The zero-order valence-corrected chi connectivity index (χ0v) is 23.3. The largest absolute Gasteiger partial charge is 0.376 e. The number of carbonyl (C=O) groups is 2. The first-order valence-electron chi connectivity index (χ1n) is 14.3. The van der Waals surface area contributed by atoms with E-state index in [4.69, 9.17) is 4.74 Å². The van der Waals surface area contributed by atoms with Crippen molar-refractivity contribution in [2.24, 2.45) is 0 Å². The molecule has 2 aromatic carbocycles. The quantitative estimate of drug-likeness (QED) is 0.510. The summed E-state index contributed by atoms with van der Waals surface area (Å²) in [5.74, 6) is -0.779. The molecule has 0 saturated carbocycles. The number of carbonyl (C=O) groups excluding carboxylic acids is 2. The van der Waals surface area contributed by atoms with Crippen LogP contribution in [0.1, 0.15) is 61.5 Å². The van der Waals surface area contributed by atoms with Crippen molar-refractivity contribution in [3.8, 4) is 0 Å². The van der Waals surface area contributed by atoms with Gasteiger partial charge in [0.15, 0.2) is 0 Å². The third-order valence-electron chi connectivity index (χ3n) is 8.40. The minimum absolute atomic E-state index is 0.0380. The molecule has 0 bridgehead atoms. The van der Waals surface area contributed by atoms with Gasteiger partial charge in [0.1, 0.15) is 5.82 Å². The second-order valence-corrected chi connectivity index (χ2v) is 11.4. The number of anilines is 1. The topological polar surface area (TPSA) is 106 Å². The van der Waals surface area contributed by atoms with Gasteiger partial charge in [0.25, 0.3) is 11.5 Å². The summed E-state index contributed by atoms with van der Waals surface area (Å²) in [6, 6.07) is 8.99. The summed E-state index contributed by atoms with van der Waals surface area (Å²) in [7, 11) is 0. The molecule has 10 nitrogen and oxygen atoms in total. The van der Waals surface area contributed by atoms with Crippen molar-refractivity contribution in [2.75, 3.05) is 25.0 Å². The van der Waals surface area contributed by atoms with E-state index in [1.54, 1.807) is 18.7 Å². The number of hydrogen-bond donors (Lipinski definition) is 1. The van der Waals surface area contributed by atoms with Gasteiger partial charge in [-0.15, -0.1) is 0 Å². The molecule has 3 amide bonds. The number of rotatable bonds is 5. The van der Waals surface area contributed by atoms with Crippen molar-refractivity contribution in [1.82, 2.24) is 18.9 Å². The molecule has 11 heteroatoms. The van der Waals surface area contributed by atoms with Crippen LogP contribution in [0, 0.1) is 5.82 Å². The summed E-state index contributed by atoms with van der Waals surface area (Å²) in [5.41, 5.74) is 0.656. The number of benzene rings is 2. The highest BCUT2D eigenvalue weighted by Crippen LogP contribution is 2.29. The number of nitrogens with one attached hydrogen (secondary N) is 1. The average molecular weight is 564 g/mol. The normalized spacial score (nSPS) is 20.7. The summed E-state index contributed by atoms with van der Waals surface area (Å²) in [5, 5.41) is 2.79. The van der Waals surface area contributed by atoms with Crippen molar-refractivity contribution in [3.05, 3.63) is 74.2 Å². The third kappa shape index (κ3) is 4.92. The van der Waals surface area contributed by atoms with Gasteiger partial charge in [-0.05, 0) is 57.2 Å². The molecular formula is C30H34FN5O5. The number of likely N-dealkylation sites (tertiary alicyclic amines) is 1. The van der Waals surface area contributed by atoms with Gasteiger partial charge in [-0.2, -0.15) is 0 Å². The molecule has 2 saturated heterocycles. The number of fused-ring (bicyclic) bond motifs is 2. The SMILES string of the molecule is CC(C)n1c(=O)n(C[C@H]2CCCO2)c(=O)c2cc(NC(=O)N3CCC[C@@H](N4Cc5ccccc5C4=O)C3)c(F)cc21. The molecule has 0 radical (unpaired) electrons. The van der Waals surface area contributed by atoms with Gasteiger partial charge in [-0.25, -0.2) is 14.0 Å². The van der Waals surface area contributed by atoms with E-state index in [-0.39, 0.29) is 47.2 Å². The highest BCUT2D eigenvalue weighted by molar-refractivity contribution is 5.98. The van der Waals surface area contributed by atoms with Gasteiger partial charge in [-0.1, -0.05) is 18.2 Å². The van der Waals surface area contributed by atoms with Crippen molar-refractivity contribution in [1.29, 1.82) is 0 Å². The van der Waals surface area contributed by atoms with Crippen LogP contribution < -0.4 is 16.6 Å². The molecule has 2 fully saturated rings. The van der Waals surface area contributed by atoms with Crippen LogP contribution in [-0.4, -0.2) is 62.7 Å². The van der Waals surface area contributed by atoms with E-state index in [2.05, 4.69) is 5.32 Å². The summed E-state index contributed by atoms with van der Waals surface area (Å²) in [6.45, 7) is 5.59. The van der Waals surface area contributed by atoms with Gasteiger partial charge in [0, 0.05) is 43.9 Å². The Morgan fingerprint density at radius 1 is 1.12 bits per heavy atom. The van der Waals surface area contributed by atoms with Crippen molar-refractivity contribution < 1.29 is 18.7 Å². The van der Waals surface area contributed by atoms with Gasteiger partial charge in [0.2, 0.25) is 0 Å². The molecule has 3 aliphatic rings. The van der Waals surface area contributed by atoms with Crippen molar-refractivity contribution in [2.45, 2.75) is 70.8 Å². The minimum atomic E-state index is -0.741. The van der Waals surface area contributed by atoms with E-state index in [1.807, 2.05) is 29.2 Å². The van der Waals surface area contributed by atoms with E-state index in [9.17, 15) is 19.2 Å². The van der Waals surface area contributed by atoms with Crippen LogP contribution in [0.25, 0.3) is 10.9 Å². The Bertz CT molecular complexity index is 1640. The lowest BCUT2D eigenvalue weighted by atomic mass is 10.0. The number of ether oxygens (including phenoxy) is 1. The van der Waals surface area contributed by atoms with Crippen LogP contribution in [0.4, 0.5) is 14.9 Å². The molecule has 1 aromatic heterocycles. The second-order valence-electron chi connectivity index (χ2n) is 11.4. The molecular weight excluding hydrogens is 529 g/mol. The van der Waals surface area contributed by atoms with E-state index in [1.165, 1.54) is 10.6 Å². The van der Waals surface area contributed by atoms with Crippen LogP contribution in [0.3, 0.4) is 0 Å². The molecule has 41 heavy (non-hydrogen) atoms. The van der Waals surface area contributed by atoms with E-state index < -0.39 is 23.1 Å². The lowest BCUT2D eigenvalue weighted by Crippen LogP contribution is -2.51. The van der Waals surface area contributed by atoms with Gasteiger partial charge in [0.05, 0.1) is 35.3 Å². The standard InChI is InChI=1S/C30H34FN5O5/c1-18(2)36-26-14-24(31)25(13-23(26)28(38)35(30(36)40)17-21-9-6-12-41-21)32-29(39)33-11-5-8-20(16-33)34-15-19-7-3-4-10-22(19)27(34)37/h3-4,7,10,13-14,18,20-21H,5-6,8-9,11-12,15-17H2,1-2H3,(H,32,39)/t20-,21-/m1/s1. The second kappa shape index (κ2) is 10.8. The fraction of sp³-hybridized carbons (Fsp3) is 0.467. The Labute approximate surface area is 236 Å². The monoisotopic (exact) mass is 563 g/mol. The molecule has 1 N–H and O–H groups in total.